The van der Waals surface area contributed by atoms with Gasteiger partial charge in [0.25, 0.3) is 0 Å². The number of methoxy groups -OCH3 is 1. The molecule has 1 aromatic carbocycles. The Morgan fingerprint density at radius 2 is 2.00 bits per heavy atom. The van der Waals surface area contributed by atoms with Crippen LogP contribution in [0.1, 0.15) is 18.9 Å². The number of carbonyl (C=O) groups excluding carboxylic acids is 1. The van der Waals surface area contributed by atoms with E-state index in [1.807, 2.05) is 0 Å². The number of hydrogen-bond donors (Lipinski definition) is 0. The van der Waals surface area contributed by atoms with Crippen LogP contribution >= 0.6 is 0 Å². The van der Waals surface area contributed by atoms with Crippen LogP contribution in [-0.4, -0.2) is 37.2 Å². The van der Waals surface area contributed by atoms with Crippen LogP contribution in [0.3, 0.4) is 0 Å². The molecule has 7 heteroatoms. The first-order valence-corrected chi connectivity index (χ1v) is 6.43. The zero-order chi connectivity index (χ0) is 16.0. The Kier molecular flexibility index (Phi) is 5.99. The fourth-order valence-electron chi connectivity index (χ4n) is 1.87. The van der Waals surface area contributed by atoms with Gasteiger partial charge in [0, 0.05) is 13.0 Å². The fraction of sp³-hybridized carbons (Fsp3) is 0.500. The maximum absolute atomic E-state index is 13.5. The maximum Gasteiger partial charge on any atom is 0.406 e. The van der Waals surface area contributed by atoms with Crippen LogP contribution in [0.4, 0.5) is 17.6 Å². The molecule has 1 aromatic rings. The van der Waals surface area contributed by atoms with Crippen molar-refractivity contribution in [2.24, 2.45) is 0 Å². The van der Waals surface area contributed by atoms with Crippen LogP contribution < -0.4 is 4.74 Å². The van der Waals surface area contributed by atoms with Gasteiger partial charge in [0.2, 0.25) is 5.91 Å². The van der Waals surface area contributed by atoms with Crippen molar-refractivity contribution in [2.75, 3.05) is 20.2 Å². The lowest BCUT2D eigenvalue weighted by molar-refractivity contribution is -0.160. The number of nitrogens with zero attached hydrogens (tertiary/aromatic N) is 1. The van der Waals surface area contributed by atoms with Crippen molar-refractivity contribution < 1.29 is 27.1 Å². The lowest BCUT2D eigenvalue weighted by Crippen LogP contribution is -2.38. The van der Waals surface area contributed by atoms with Gasteiger partial charge in [0.15, 0.2) is 11.6 Å². The summed E-state index contributed by atoms with van der Waals surface area (Å²) in [6, 6.07) is 4.21. The molecule has 0 aliphatic carbocycles. The number of benzene rings is 1. The average Bonchev–Trinajstić information content (AvgIpc) is 2.41. The summed E-state index contributed by atoms with van der Waals surface area (Å²) in [5.74, 6) is -1.09. The molecule has 0 aliphatic heterocycles. The highest BCUT2D eigenvalue weighted by Crippen LogP contribution is 2.20. The third kappa shape index (κ3) is 5.61. The van der Waals surface area contributed by atoms with Gasteiger partial charge in [-0.05, 0) is 31.0 Å². The van der Waals surface area contributed by atoms with Gasteiger partial charge in [0.05, 0.1) is 7.11 Å². The first-order valence-electron chi connectivity index (χ1n) is 6.43. The SMILES string of the molecule is CCN(CC(F)(F)F)C(=O)CCc1ccc(OC)c(F)c1. The number of aryl methyl sites for hydroxylation is 1. The minimum atomic E-state index is -4.42. The molecule has 1 rings (SSSR count). The Balaban J connectivity index is 2.61. The Morgan fingerprint density at radius 3 is 2.48 bits per heavy atom. The quantitative estimate of drug-likeness (QED) is 0.756. The van der Waals surface area contributed by atoms with Gasteiger partial charge >= 0.3 is 6.18 Å². The van der Waals surface area contributed by atoms with Gasteiger partial charge in [-0.25, -0.2) is 4.39 Å². The monoisotopic (exact) mass is 307 g/mol. The number of alkyl halides is 3. The number of hydrogen-bond acceptors (Lipinski definition) is 2. The molecule has 0 atom stereocenters. The van der Waals surface area contributed by atoms with E-state index in [4.69, 9.17) is 4.74 Å². The van der Waals surface area contributed by atoms with Crippen LogP contribution in [0.2, 0.25) is 0 Å². The predicted molar refractivity (Wildman–Crippen MR) is 69.6 cm³/mol. The van der Waals surface area contributed by atoms with Gasteiger partial charge in [-0.3, -0.25) is 4.79 Å². The van der Waals surface area contributed by atoms with E-state index in [1.54, 1.807) is 6.07 Å². The molecule has 118 valence electrons. The highest BCUT2D eigenvalue weighted by atomic mass is 19.4. The highest BCUT2D eigenvalue weighted by Gasteiger charge is 2.32. The van der Waals surface area contributed by atoms with E-state index >= 15 is 0 Å². The van der Waals surface area contributed by atoms with Crippen LogP contribution in [0.15, 0.2) is 18.2 Å². The summed E-state index contributed by atoms with van der Waals surface area (Å²) in [5, 5.41) is 0. The van der Waals surface area contributed by atoms with Gasteiger partial charge < -0.3 is 9.64 Å². The molecule has 0 aliphatic rings. The molecule has 0 unspecified atom stereocenters. The second kappa shape index (κ2) is 7.28. The molecule has 0 saturated heterocycles. The molecule has 0 N–H and O–H groups in total. The Bertz CT molecular complexity index is 488. The fourth-order valence-corrected chi connectivity index (χ4v) is 1.87. The smallest absolute Gasteiger partial charge is 0.406 e. The van der Waals surface area contributed by atoms with Crippen molar-refractivity contribution in [1.82, 2.24) is 4.90 Å². The van der Waals surface area contributed by atoms with E-state index in [0.29, 0.717) is 5.56 Å². The zero-order valence-corrected chi connectivity index (χ0v) is 11.8. The minimum absolute atomic E-state index is 0.0185. The van der Waals surface area contributed by atoms with Crippen molar-refractivity contribution in [3.8, 4) is 5.75 Å². The van der Waals surface area contributed by atoms with Gasteiger partial charge in [0.1, 0.15) is 6.54 Å². The molecule has 3 nitrogen and oxygen atoms in total. The van der Waals surface area contributed by atoms with Gasteiger partial charge in [-0.2, -0.15) is 13.2 Å². The van der Waals surface area contributed by atoms with E-state index in [1.165, 1.54) is 26.2 Å². The third-order valence-corrected chi connectivity index (χ3v) is 2.95. The number of amides is 1. The topological polar surface area (TPSA) is 29.5 Å². The van der Waals surface area contributed by atoms with Crippen LogP contribution in [0.5, 0.6) is 5.75 Å². The molecule has 0 spiro atoms. The molecule has 0 fully saturated rings. The summed E-state index contributed by atoms with van der Waals surface area (Å²) in [4.78, 5) is 12.5. The molecular weight excluding hydrogens is 290 g/mol. The molecule has 1 amide bonds. The van der Waals surface area contributed by atoms with E-state index in [0.717, 1.165) is 4.90 Å². The summed E-state index contributed by atoms with van der Waals surface area (Å²) < 4.78 is 55.1. The second-order valence-electron chi connectivity index (χ2n) is 4.49. The lowest BCUT2D eigenvalue weighted by atomic mass is 10.1. The number of ether oxygens (including phenoxy) is 1. The molecule has 0 radical (unpaired) electrons. The first kappa shape index (κ1) is 17.3. The molecule has 0 bridgehead atoms. The van der Waals surface area contributed by atoms with Crippen molar-refractivity contribution in [1.29, 1.82) is 0 Å². The van der Waals surface area contributed by atoms with Crippen molar-refractivity contribution in [3.05, 3.63) is 29.6 Å². The molecule has 0 aromatic heterocycles. The molecule has 21 heavy (non-hydrogen) atoms. The maximum atomic E-state index is 13.5. The Labute approximate surface area is 120 Å². The van der Waals surface area contributed by atoms with E-state index in [-0.39, 0.29) is 25.1 Å². The molecule has 0 heterocycles. The van der Waals surface area contributed by atoms with Crippen molar-refractivity contribution in [3.63, 3.8) is 0 Å². The van der Waals surface area contributed by atoms with Crippen LogP contribution in [-0.2, 0) is 11.2 Å². The lowest BCUT2D eigenvalue weighted by Gasteiger charge is -2.22. The molecular formula is C14H17F4NO2. The largest absolute Gasteiger partial charge is 0.494 e. The van der Waals surface area contributed by atoms with Gasteiger partial charge in [-0.15, -0.1) is 0 Å². The zero-order valence-electron chi connectivity index (χ0n) is 11.8. The van der Waals surface area contributed by atoms with E-state index in [9.17, 15) is 22.4 Å². The number of halogens is 4. The van der Waals surface area contributed by atoms with Crippen LogP contribution in [0.25, 0.3) is 0 Å². The second-order valence-corrected chi connectivity index (χ2v) is 4.49. The summed E-state index contributed by atoms with van der Waals surface area (Å²) >= 11 is 0. The van der Waals surface area contributed by atoms with Gasteiger partial charge in [-0.1, -0.05) is 6.07 Å². The van der Waals surface area contributed by atoms with Crippen molar-refractivity contribution >= 4 is 5.91 Å². The highest BCUT2D eigenvalue weighted by molar-refractivity contribution is 5.76. The molecule has 0 saturated carbocycles. The third-order valence-electron chi connectivity index (χ3n) is 2.95. The summed E-state index contributed by atoms with van der Waals surface area (Å²) in [5.41, 5.74) is 0.532. The van der Waals surface area contributed by atoms with E-state index < -0.39 is 24.4 Å². The van der Waals surface area contributed by atoms with Crippen molar-refractivity contribution in [2.45, 2.75) is 25.9 Å². The number of carbonyl (C=O) groups is 1. The Morgan fingerprint density at radius 1 is 1.33 bits per heavy atom. The predicted octanol–water partition coefficient (Wildman–Crippen LogP) is 3.18. The normalized spacial score (nSPS) is 11.3. The Hall–Kier alpha value is -1.79. The summed E-state index contributed by atoms with van der Waals surface area (Å²) in [6.45, 7) is 0.200. The standard InChI is InChI=1S/C14H17F4NO2/c1-3-19(9-14(16,17)18)13(20)7-5-10-4-6-12(21-2)11(15)8-10/h4,6,8H,3,5,7,9H2,1-2H3. The number of rotatable bonds is 6. The summed E-state index contributed by atoms with van der Waals surface area (Å²) in [6.07, 6.45) is -4.35. The first-order chi connectivity index (χ1) is 9.76. The minimum Gasteiger partial charge on any atom is -0.494 e. The average molecular weight is 307 g/mol. The van der Waals surface area contributed by atoms with Crippen LogP contribution in [0, 0.1) is 5.82 Å². The van der Waals surface area contributed by atoms with E-state index in [2.05, 4.69) is 0 Å². The summed E-state index contributed by atoms with van der Waals surface area (Å²) in [7, 11) is 1.33.